The Kier molecular flexibility index (Phi) is 5.49. The lowest BCUT2D eigenvalue weighted by molar-refractivity contribution is -0.124. The summed E-state index contributed by atoms with van der Waals surface area (Å²) in [4.78, 5) is 14.5. The van der Waals surface area contributed by atoms with Crippen LogP contribution >= 0.6 is 23.8 Å². The minimum atomic E-state index is -0.112. The zero-order valence-electron chi connectivity index (χ0n) is 14.0. The summed E-state index contributed by atoms with van der Waals surface area (Å²) in [7, 11) is 0. The third-order valence-electron chi connectivity index (χ3n) is 4.51. The average Bonchev–Trinajstić information content (AvgIpc) is 2.87. The summed E-state index contributed by atoms with van der Waals surface area (Å²) in [5, 5.41) is 13.6. The average molecular weight is 381 g/mol. The lowest BCUT2D eigenvalue weighted by atomic mass is 9.94. The number of aromatic hydroxyl groups is 1. The fraction of sp³-hybridized carbons (Fsp3) is 0.444. The molecule has 1 aromatic carbocycles. The van der Waals surface area contributed by atoms with E-state index in [2.05, 4.69) is 5.32 Å². The highest BCUT2D eigenvalue weighted by atomic mass is 35.5. The molecule has 134 valence electrons. The molecule has 2 fully saturated rings. The van der Waals surface area contributed by atoms with Crippen molar-refractivity contribution in [2.24, 2.45) is 0 Å². The van der Waals surface area contributed by atoms with Gasteiger partial charge in [0, 0.05) is 6.04 Å². The van der Waals surface area contributed by atoms with E-state index in [-0.39, 0.29) is 22.7 Å². The summed E-state index contributed by atoms with van der Waals surface area (Å²) >= 11 is 11.4. The van der Waals surface area contributed by atoms with Gasteiger partial charge in [0.15, 0.2) is 16.6 Å². The molecule has 1 aromatic rings. The highest BCUT2D eigenvalue weighted by Gasteiger charge is 2.36. The van der Waals surface area contributed by atoms with E-state index < -0.39 is 0 Å². The molecule has 1 saturated heterocycles. The minimum Gasteiger partial charge on any atom is -0.503 e. The molecule has 7 heteroatoms. The van der Waals surface area contributed by atoms with Crippen molar-refractivity contribution in [1.82, 2.24) is 10.2 Å². The Bertz CT molecular complexity index is 729. The van der Waals surface area contributed by atoms with Crippen molar-refractivity contribution in [2.45, 2.75) is 45.1 Å². The quantitative estimate of drug-likeness (QED) is 0.614. The van der Waals surface area contributed by atoms with Crippen LogP contribution in [0, 0.1) is 0 Å². The van der Waals surface area contributed by atoms with Gasteiger partial charge in [-0.2, -0.15) is 0 Å². The number of phenols is 1. The molecule has 1 aliphatic carbocycles. The largest absolute Gasteiger partial charge is 0.503 e. The standard InChI is InChI=1S/C18H21ClN2O3S/c1-2-24-15-10-11(8-13(19)16(15)22)9-14-17(23)21(18(25)20-14)12-6-4-3-5-7-12/h8-10,12,22H,2-7H2,1H3,(H,20,25)/b14-9-. The number of carbonyl (C=O) groups is 1. The van der Waals surface area contributed by atoms with Crippen molar-refractivity contribution in [3.63, 3.8) is 0 Å². The molecule has 0 aromatic heterocycles. The third kappa shape index (κ3) is 3.75. The molecule has 0 bridgehead atoms. The number of halogens is 1. The number of benzene rings is 1. The van der Waals surface area contributed by atoms with Gasteiger partial charge in [-0.3, -0.25) is 9.69 Å². The zero-order valence-corrected chi connectivity index (χ0v) is 15.6. The second kappa shape index (κ2) is 7.62. The van der Waals surface area contributed by atoms with E-state index in [4.69, 9.17) is 28.6 Å². The summed E-state index contributed by atoms with van der Waals surface area (Å²) in [5.74, 6) is 0.0776. The molecule has 0 atom stereocenters. The maximum Gasteiger partial charge on any atom is 0.276 e. The minimum absolute atomic E-state index is 0.101. The Labute approximate surface area is 157 Å². The lowest BCUT2D eigenvalue weighted by Crippen LogP contribution is -2.41. The Morgan fingerprint density at radius 1 is 1.40 bits per heavy atom. The molecule has 0 unspecified atom stereocenters. The van der Waals surface area contributed by atoms with Crippen molar-refractivity contribution < 1.29 is 14.6 Å². The van der Waals surface area contributed by atoms with Crippen molar-refractivity contribution in [2.75, 3.05) is 6.61 Å². The zero-order chi connectivity index (χ0) is 18.0. The lowest BCUT2D eigenvalue weighted by Gasteiger charge is -2.29. The van der Waals surface area contributed by atoms with Crippen LogP contribution in [-0.2, 0) is 4.79 Å². The first kappa shape index (κ1) is 18.0. The molecule has 2 N–H and O–H groups in total. The van der Waals surface area contributed by atoms with E-state index in [1.165, 1.54) is 6.42 Å². The fourth-order valence-electron chi connectivity index (χ4n) is 3.33. The third-order valence-corrected chi connectivity index (χ3v) is 5.10. The molecule has 1 saturated carbocycles. The number of phenolic OH excluding ortho intramolecular Hbond substituents is 1. The van der Waals surface area contributed by atoms with Gasteiger partial charge in [0.2, 0.25) is 0 Å². The second-order valence-electron chi connectivity index (χ2n) is 6.24. The van der Waals surface area contributed by atoms with Gasteiger partial charge in [0.05, 0.1) is 11.6 Å². The number of hydrogen-bond donors (Lipinski definition) is 2. The van der Waals surface area contributed by atoms with Crippen LogP contribution in [-0.4, -0.2) is 33.7 Å². The van der Waals surface area contributed by atoms with Crippen LogP contribution in [0.1, 0.15) is 44.6 Å². The number of nitrogens with one attached hydrogen (secondary N) is 1. The van der Waals surface area contributed by atoms with E-state index in [1.807, 2.05) is 6.92 Å². The van der Waals surface area contributed by atoms with Crippen molar-refractivity contribution in [3.8, 4) is 11.5 Å². The van der Waals surface area contributed by atoms with E-state index in [0.29, 0.717) is 28.7 Å². The van der Waals surface area contributed by atoms with Crippen LogP contribution in [0.2, 0.25) is 5.02 Å². The van der Waals surface area contributed by atoms with E-state index >= 15 is 0 Å². The fourth-order valence-corrected chi connectivity index (χ4v) is 3.89. The first-order chi connectivity index (χ1) is 12.0. The number of hydrogen-bond acceptors (Lipinski definition) is 4. The van der Waals surface area contributed by atoms with Crippen LogP contribution in [0.25, 0.3) is 6.08 Å². The molecule has 3 rings (SSSR count). The Morgan fingerprint density at radius 2 is 2.12 bits per heavy atom. The summed E-state index contributed by atoms with van der Waals surface area (Å²) < 4.78 is 5.38. The Balaban J connectivity index is 1.86. The maximum absolute atomic E-state index is 12.8. The van der Waals surface area contributed by atoms with Crippen molar-refractivity contribution in [1.29, 1.82) is 0 Å². The van der Waals surface area contributed by atoms with Crippen molar-refractivity contribution in [3.05, 3.63) is 28.4 Å². The Hall–Kier alpha value is -1.79. The smallest absolute Gasteiger partial charge is 0.276 e. The number of carbonyl (C=O) groups excluding carboxylic acids is 1. The summed E-state index contributed by atoms with van der Waals surface area (Å²) in [5.41, 5.74) is 1.08. The van der Waals surface area contributed by atoms with Gasteiger partial charge in [0.1, 0.15) is 5.70 Å². The highest BCUT2D eigenvalue weighted by molar-refractivity contribution is 7.80. The van der Waals surface area contributed by atoms with Gasteiger partial charge < -0.3 is 15.2 Å². The first-order valence-electron chi connectivity index (χ1n) is 8.52. The van der Waals surface area contributed by atoms with Gasteiger partial charge in [-0.25, -0.2) is 0 Å². The van der Waals surface area contributed by atoms with Gasteiger partial charge in [0.25, 0.3) is 5.91 Å². The molecule has 2 aliphatic rings. The number of amides is 1. The number of ether oxygens (including phenoxy) is 1. The summed E-state index contributed by atoms with van der Waals surface area (Å²) in [6.07, 6.45) is 7.13. The van der Waals surface area contributed by atoms with Crippen LogP contribution in [0.5, 0.6) is 11.5 Å². The predicted octanol–water partition coefficient (Wildman–Crippen LogP) is 3.83. The molecular weight excluding hydrogens is 360 g/mol. The molecule has 0 radical (unpaired) electrons. The van der Waals surface area contributed by atoms with Crippen molar-refractivity contribution >= 4 is 40.9 Å². The molecule has 0 spiro atoms. The molecule has 25 heavy (non-hydrogen) atoms. The van der Waals surface area contributed by atoms with Gasteiger partial charge in [-0.15, -0.1) is 0 Å². The molecule has 1 amide bonds. The van der Waals surface area contributed by atoms with Gasteiger partial charge >= 0.3 is 0 Å². The monoisotopic (exact) mass is 380 g/mol. The maximum atomic E-state index is 12.8. The second-order valence-corrected chi connectivity index (χ2v) is 7.03. The molecule has 1 heterocycles. The van der Waals surface area contributed by atoms with Gasteiger partial charge in [-0.1, -0.05) is 30.9 Å². The first-order valence-corrected chi connectivity index (χ1v) is 9.31. The normalized spacial score (nSPS) is 20.2. The van der Waals surface area contributed by atoms with E-state index in [0.717, 1.165) is 25.7 Å². The SMILES string of the molecule is CCOc1cc(/C=C2\NC(=S)N(C3CCCCC3)C2=O)cc(Cl)c1O. The number of rotatable bonds is 4. The Morgan fingerprint density at radius 3 is 2.80 bits per heavy atom. The molecular formula is C18H21ClN2O3S. The molecule has 5 nitrogen and oxygen atoms in total. The van der Waals surface area contributed by atoms with Crippen LogP contribution in [0.4, 0.5) is 0 Å². The summed E-state index contributed by atoms with van der Waals surface area (Å²) in [6, 6.07) is 3.42. The highest BCUT2D eigenvalue weighted by Crippen LogP contribution is 2.36. The van der Waals surface area contributed by atoms with Crippen LogP contribution < -0.4 is 10.1 Å². The number of thiocarbonyl (C=S) groups is 1. The predicted molar refractivity (Wildman–Crippen MR) is 102 cm³/mol. The summed E-state index contributed by atoms with van der Waals surface area (Å²) in [6.45, 7) is 2.22. The molecule has 1 aliphatic heterocycles. The van der Waals surface area contributed by atoms with E-state index in [9.17, 15) is 9.90 Å². The van der Waals surface area contributed by atoms with Crippen LogP contribution in [0.3, 0.4) is 0 Å². The van der Waals surface area contributed by atoms with E-state index in [1.54, 1.807) is 23.1 Å². The van der Waals surface area contributed by atoms with Crippen LogP contribution in [0.15, 0.2) is 17.8 Å². The van der Waals surface area contributed by atoms with Gasteiger partial charge in [-0.05, 0) is 55.8 Å². The topological polar surface area (TPSA) is 61.8 Å². The number of nitrogens with zero attached hydrogens (tertiary/aromatic N) is 1.